The van der Waals surface area contributed by atoms with Crippen LogP contribution in [0.15, 0.2) is 60.7 Å². The van der Waals surface area contributed by atoms with Crippen LogP contribution in [0.1, 0.15) is 22.3 Å². The maximum atomic E-state index is 12.4. The van der Waals surface area contributed by atoms with E-state index in [4.69, 9.17) is 4.74 Å². The van der Waals surface area contributed by atoms with Gasteiger partial charge in [-0.05, 0) is 24.1 Å². The molecule has 2 aromatic carbocycles. The standard InChI is InChI=1S/C20H21N3O4/c24-18(14-21-19(25)17-10-5-2-6-11-17)22-12-7-13-23(22)20(26)27-15-16-8-3-1-4-9-16/h1-6,8-11H,7,12-15H2,(H,21,25). The first-order valence-corrected chi connectivity index (χ1v) is 8.77. The SMILES string of the molecule is O=C(NCC(=O)N1CCCN1C(=O)OCc1ccccc1)c1ccccc1. The monoisotopic (exact) mass is 367 g/mol. The van der Waals surface area contributed by atoms with Crippen LogP contribution < -0.4 is 5.32 Å². The van der Waals surface area contributed by atoms with Crippen LogP contribution in [0.25, 0.3) is 0 Å². The number of hydrogen-bond donors (Lipinski definition) is 1. The molecule has 2 aromatic rings. The number of hydrazine groups is 1. The van der Waals surface area contributed by atoms with Crippen molar-refractivity contribution in [1.29, 1.82) is 0 Å². The highest BCUT2D eigenvalue weighted by molar-refractivity contribution is 5.96. The maximum Gasteiger partial charge on any atom is 0.429 e. The molecule has 0 spiro atoms. The topological polar surface area (TPSA) is 79.0 Å². The molecule has 140 valence electrons. The van der Waals surface area contributed by atoms with Gasteiger partial charge in [0.2, 0.25) is 0 Å². The summed E-state index contributed by atoms with van der Waals surface area (Å²) in [6, 6.07) is 18.0. The van der Waals surface area contributed by atoms with E-state index in [0.29, 0.717) is 25.1 Å². The number of carbonyl (C=O) groups is 3. The predicted molar refractivity (Wildman–Crippen MR) is 98.4 cm³/mol. The Kier molecular flexibility index (Phi) is 6.04. The molecule has 3 amide bonds. The lowest BCUT2D eigenvalue weighted by Crippen LogP contribution is -2.48. The number of ether oxygens (including phenoxy) is 1. The number of rotatable bonds is 5. The molecular formula is C20H21N3O4. The molecule has 3 rings (SSSR count). The lowest BCUT2D eigenvalue weighted by molar-refractivity contribution is -0.140. The van der Waals surface area contributed by atoms with E-state index in [0.717, 1.165) is 5.56 Å². The molecular weight excluding hydrogens is 346 g/mol. The van der Waals surface area contributed by atoms with E-state index < -0.39 is 6.09 Å². The van der Waals surface area contributed by atoms with Crippen molar-refractivity contribution in [3.8, 4) is 0 Å². The second kappa shape index (κ2) is 8.84. The first-order chi connectivity index (χ1) is 13.1. The summed E-state index contributed by atoms with van der Waals surface area (Å²) in [5.41, 5.74) is 1.35. The molecule has 0 aromatic heterocycles. The quantitative estimate of drug-likeness (QED) is 0.879. The Hall–Kier alpha value is -3.35. The summed E-state index contributed by atoms with van der Waals surface area (Å²) in [7, 11) is 0. The van der Waals surface area contributed by atoms with E-state index in [-0.39, 0.29) is 25.0 Å². The lowest BCUT2D eigenvalue weighted by atomic mass is 10.2. The minimum absolute atomic E-state index is 0.142. The molecule has 1 heterocycles. The van der Waals surface area contributed by atoms with Crippen molar-refractivity contribution in [2.45, 2.75) is 13.0 Å². The molecule has 1 saturated heterocycles. The van der Waals surface area contributed by atoms with Crippen LogP contribution >= 0.6 is 0 Å². The van der Waals surface area contributed by atoms with Crippen LogP contribution in [0.3, 0.4) is 0 Å². The fourth-order valence-electron chi connectivity index (χ4n) is 2.79. The minimum atomic E-state index is -0.570. The molecule has 7 nitrogen and oxygen atoms in total. The molecule has 7 heteroatoms. The van der Waals surface area contributed by atoms with Gasteiger partial charge in [0, 0.05) is 18.7 Å². The second-order valence-corrected chi connectivity index (χ2v) is 6.08. The number of hydrogen-bond acceptors (Lipinski definition) is 4. The first kappa shape index (κ1) is 18.4. The zero-order valence-corrected chi connectivity index (χ0v) is 14.8. The van der Waals surface area contributed by atoms with Crippen LogP contribution in [0.4, 0.5) is 4.79 Å². The number of carbonyl (C=O) groups excluding carboxylic acids is 3. The second-order valence-electron chi connectivity index (χ2n) is 6.08. The third-order valence-corrected chi connectivity index (χ3v) is 4.17. The summed E-state index contributed by atoms with van der Waals surface area (Å²) >= 11 is 0. The highest BCUT2D eigenvalue weighted by Crippen LogP contribution is 2.13. The Morgan fingerprint density at radius 1 is 0.889 bits per heavy atom. The zero-order chi connectivity index (χ0) is 19.1. The van der Waals surface area contributed by atoms with Gasteiger partial charge in [0.05, 0.1) is 6.54 Å². The summed E-state index contributed by atoms with van der Waals surface area (Å²) in [5.74, 6) is -0.685. The summed E-state index contributed by atoms with van der Waals surface area (Å²) in [4.78, 5) is 36.8. The van der Waals surface area contributed by atoms with E-state index in [1.807, 2.05) is 36.4 Å². The van der Waals surface area contributed by atoms with Gasteiger partial charge >= 0.3 is 6.09 Å². The third-order valence-electron chi connectivity index (χ3n) is 4.17. The van der Waals surface area contributed by atoms with Gasteiger partial charge < -0.3 is 10.1 Å². The maximum absolute atomic E-state index is 12.4. The Morgan fingerprint density at radius 3 is 2.22 bits per heavy atom. The number of nitrogens with zero attached hydrogens (tertiary/aromatic N) is 2. The van der Waals surface area contributed by atoms with Gasteiger partial charge in [-0.25, -0.2) is 14.8 Å². The van der Waals surface area contributed by atoms with Gasteiger partial charge in [-0.15, -0.1) is 0 Å². The van der Waals surface area contributed by atoms with Crippen molar-refractivity contribution >= 4 is 17.9 Å². The van der Waals surface area contributed by atoms with Crippen molar-refractivity contribution in [2.24, 2.45) is 0 Å². The van der Waals surface area contributed by atoms with Gasteiger partial charge in [-0.1, -0.05) is 48.5 Å². The van der Waals surface area contributed by atoms with Gasteiger partial charge in [-0.3, -0.25) is 9.59 Å². The van der Waals surface area contributed by atoms with Gasteiger partial charge in [0.1, 0.15) is 6.61 Å². The molecule has 0 radical (unpaired) electrons. The van der Waals surface area contributed by atoms with Crippen molar-refractivity contribution in [2.75, 3.05) is 19.6 Å². The molecule has 1 aliphatic rings. The molecule has 0 atom stereocenters. The Balaban J connectivity index is 1.51. The highest BCUT2D eigenvalue weighted by Gasteiger charge is 2.31. The average Bonchev–Trinajstić information content (AvgIpc) is 3.21. The fraction of sp³-hybridized carbons (Fsp3) is 0.250. The van der Waals surface area contributed by atoms with E-state index in [9.17, 15) is 14.4 Å². The molecule has 0 aliphatic carbocycles. The van der Waals surface area contributed by atoms with Crippen molar-refractivity contribution in [1.82, 2.24) is 15.3 Å². The summed E-state index contributed by atoms with van der Waals surface area (Å²) in [6.45, 7) is 0.783. The summed E-state index contributed by atoms with van der Waals surface area (Å²) in [6.07, 6.45) is 0.0952. The predicted octanol–water partition coefficient (Wildman–Crippen LogP) is 2.20. The zero-order valence-electron chi connectivity index (χ0n) is 14.8. The molecule has 0 saturated carbocycles. The minimum Gasteiger partial charge on any atom is -0.443 e. The van der Waals surface area contributed by atoms with Gasteiger partial charge in [0.15, 0.2) is 0 Å². The molecule has 1 aliphatic heterocycles. The molecule has 0 unspecified atom stereocenters. The van der Waals surface area contributed by atoms with Crippen molar-refractivity contribution < 1.29 is 19.1 Å². The van der Waals surface area contributed by atoms with E-state index in [1.54, 1.807) is 24.3 Å². The van der Waals surface area contributed by atoms with Crippen LogP contribution in [0.5, 0.6) is 0 Å². The van der Waals surface area contributed by atoms with Crippen molar-refractivity contribution in [3.63, 3.8) is 0 Å². The molecule has 1 N–H and O–H groups in total. The molecule has 1 fully saturated rings. The molecule has 0 bridgehead atoms. The number of nitrogens with one attached hydrogen (secondary N) is 1. The lowest BCUT2D eigenvalue weighted by Gasteiger charge is -2.27. The summed E-state index contributed by atoms with van der Waals surface area (Å²) in [5, 5.41) is 5.21. The van der Waals surface area contributed by atoms with Crippen molar-refractivity contribution in [3.05, 3.63) is 71.8 Å². The normalized spacial score (nSPS) is 13.3. The van der Waals surface area contributed by atoms with E-state index in [2.05, 4.69) is 5.32 Å². The molecule has 27 heavy (non-hydrogen) atoms. The average molecular weight is 367 g/mol. The van der Waals surface area contributed by atoms with E-state index >= 15 is 0 Å². The smallest absolute Gasteiger partial charge is 0.429 e. The number of amides is 3. The Bertz CT molecular complexity index is 795. The van der Waals surface area contributed by atoms with Crippen LogP contribution in [-0.4, -0.2) is 47.6 Å². The highest BCUT2D eigenvalue weighted by atomic mass is 16.6. The Morgan fingerprint density at radius 2 is 1.52 bits per heavy atom. The van der Waals surface area contributed by atoms with Crippen LogP contribution in [0.2, 0.25) is 0 Å². The summed E-state index contributed by atoms with van der Waals surface area (Å²) < 4.78 is 5.29. The Labute approximate surface area is 157 Å². The largest absolute Gasteiger partial charge is 0.443 e. The van der Waals surface area contributed by atoms with Gasteiger partial charge in [0.25, 0.3) is 11.8 Å². The van der Waals surface area contributed by atoms with E-state index in [1.165, 1.54) is 10.0 Å². The van der Waals surface area contributed by atoms with Gasteiger partial charge in [-0.2, -0.15) is 0 Å². The third kappa shape index (κ3) is 4.84. The number of benzene rings is 2. The van der Waals surface area contributed by atoms with Crippen LogP contribution in [0, 0.1) is 0 Å². The fourth-order valence-corrected chi connectivity index (χ4v) is 2.79. The van der Waals surface area contributed by atoms with Crippen LogP contribution in [-0.2, 0) is 16.1 Å². The first-order valence-electron chi connectivity index (χ1n) is 8.77.